The number of hydrogen-bond acceptors (Lipinski definition) is 5. The number of benzene rings is 1. The first-order valence-corrected chi connectivity index (χ1v) is 10.8. The second-order valence-corrected chi connectivity index (χ2v) is 9.20. The Labute approximate surface area is 185 Å². The molecule has 0 saturated heterocycles. The van der Waals surface area contributed by atoms with Crippen molar-refractivity contribution < 1.29 is 9.18 Å². The summed E-state index contributed by atoms with van der Waals surface area (Å²) in [6.07, 6.45) is 7.48. The number of fused-ring (bicyclic) bond motifs is 1. The zero-order chi connectivity index (χ0) is 22.3. The molecule has 3 aromatic heterocycles. The zero-order valence-corrected chi connectivity index (χ0v) is 18.1. The first-order valence-electron chi connectivity index (χ1n) is 10.8. The Hall–Kier alpha value is -3.48. The SMILES string of the molecule is CC1(C)CCC(=O)C(c2cnc(-c3nn(Cc4ccccc4F)c4ncccc34)nc2)C1. The van der Waals surface area contributed by atoms with Gasteiger partial charge in [-0.2, -0.15) is 5.10 Å². The number of carbonyl (C=O) groups is 1. The van der Waals surface area contributed by atoms with Crippen LogP contribution >= 0.6 is 0 Å². The summed E-state index contributed by atoms with van der Waals surface area (Å²) < 4.78 is 15.9. The van der Waals surface area contributed by atoms with Gasteiger partial charge in [0.05, 0.1) is 11.9 Å². The molecule has 0 aliphatic heterocycles. The number of halogens is 1. The third-order valence-electron chi connectivity index (χ3n) is 6.26. The highest BCUT2D eigenvalue weighted by molar-refractivity contribution is 5.89. The molecule has 0 bridgehead atoms. The van der Waals surface area contributed by atoms with Crippen LogP contribution in [0.4, 0.5) is 4.39 Å². The van der Waals surface area contributed by atoms with E-state index in [1.54, 1.807) is 41.5 Å². The Kier molecular flexibility index (Phi) is 5.04. The van der Waals surface area contributed by atoms with E-state index in [2.05, 4.69) is 33.9 Å². The molecular weight excluding hydrogens is 405 g/mol. The van der Waals surface area contributed by atoms with Gasteiger partial charge in [-0.15, -0.1) is 0 Å². The Balaban J connectivity index is 1.50. The van der Waals surface area contributed by atoms with Crippen LogP contribution < -0.4 is 0 Å². The smallest absolute Gasteiger partial charge is 0.180 e. The van der Waals surface area contributed by atoms with Crippen LogP contribution in [-0.2, 0) is 11.3 Å². The van der Waals surface area contributed by atoms with Crippen LogP contribution in [0.15, 0.2) is 55.0 Å². The molecule has 5 rings (SSSR count). The largest absolute Gasteiger partial charge is 0.299 e. The number of ketones is 1. The van der Waals surface area contributed by atoms with Crippen LogP contribution in [0, 0.1) is 11.2 Å². The Morgan fingerprint density at radius 2 is 1.88 bits per heavy atom. The van der Waals surface area contributed by atoms with E-state index in [1.165, 1.54) is 6.07 Å². The van der Waals surface area contributed by atoms with Crippen LogP contribution in [-0.4, -0.2) is 30.5 Å². The molecule has 1 aliphatic rings. The lowest BCUT2D eigenvalue weighted by atomic mass is 9.70. The van der Waals surface area contributed by atoms with E-state index >= 15 is 0 Å². The van der Waals surface area contributed by atoms with E-state index in [0.717, 1.165) is 23.8 Å². The number of aromatic nitrogens is 5. The average molecular weight is 429 g/mol. The van der Waals surface area contributed by atoms with Crippen molar-refractivity contribution in [2.45, 2.75) is 45.6 Å². The number of pyridine rings is 1. The van der Waals surface area contributed by atoms with Crippen molar-refractivity contribution in [3.05, 3.63) is 71.9 Å². The molecule has 0 spiro atoms. The monoisotopic (exact) mass is 429 g/mol. The van der Waals surface area contributed by atoms with Gasteiger partial charge in [-0.3, -0.25) is 4.79 Å². The number of hydrogen-bond donors (Lipinski definition) is 0. The highest BCUT2D eigenvalue weighted by Gasteiger charge is 2.34. The van der Waals surface area contributed by atoms with Crippen molar-refractivity contribution in [3.63, 3.8) is 0 Å². The summed E-state index contributed by atoms with van der Waals surface area (Å²) in [5.74, 6) is 0.269. The van der Waals surface area contributed by atoms with Gasteiger partial charge in [-0.1, -0.05) is 32.0 Å². The Bertz CT molecular complexity index is 1300. The van der Waals surface area contributed by atoms with E-state index in [-0.39, 0.29) is 29.5 Å². The van der Waals surface area contributed by atoms with Crippen LogP contribution in [0.2, 0.25) is 0 Å². The van der Waals surface area contributed by atoms with E-state index < -0.39 is 0 Å². The van der Waals surface area contributed by atoms with Crippen molar-refractivity contribution in [2.75, 3.05) is 0 Å². The molecule has 0 amide bonds. The molecule has 0 radical (unpaired) electrons. The first kappa shape index (κ1) is 20.4. The van der Waals surface area contributed by atoms with Gasteiger partial charge in [-0.25, -0.2) is 24.0 Å². The third-order valence-corrected chi connectivity index (χ3v) is 6.26. The number of carbonyl (C=O) groups excluding carboxylic acids is 1. The van der Waals surface area contributed by atoms with Gasteiger partial charge in [-0.05, 0) is 42.0 Å². The van der Waals surface area contributed by atoms with Gasteiger partial charge in [0, 0.05) is 36.5 Å². The van der Waals surface area contributed by atoms with Gasteiger partial charge >= 0.3 is 0 Å². The van der Waals surface area contributed by atoms with Crippen LogP contribution in [0.25, 0.3) is 22.6 Å². The lowest BCUT2D eigenvalue weighted by Crippen LogP contribution is -2.28. The molecule has 7 heteroatoms. The van der Waals surface area contributed by atoms with Crippen molar-refractivity contribution in [3.8, 4) is 11.5 Å². The molecule has 1 saturated carbocycles. The highest BCUT2D eigenvalue weighted by Crippen LogP contribution is 2.41. The minimum atomic E-state index is -0.283. The summed E-state index contributed by atoms with van der Waals surface area (Å²) in [6, 6.07) is 10.4. The molecule has 1 aliphatic carbocycles. The van der Waals surface area contributed by atoms with E-state index in [9.17, 15) is 9.18 Å². The summed E-state index contributed by atoms with van der Waals surface area (Å²) in [5, 5.41) is 5.47. The highest BCUT2D eigenvalue weighted by atomic mass is 19.1. The van der Waals surface area contributed by atoms with Gasteiger partial charge in [0.2, 0.25) is 0 Å². The van der Waals surface area contributed by atoms with Crippen molar-refractivity contribution in [2.24, 2.45) is 5.41 Å². The molecule has 1 aromatic carbocycles. The van der Waals surface area contributed by atoms with Crippen molar-refractivity contribution in [1.82, 2.24) is 24.7 Å². The normalized spacial score (nSPS) is 18.2. The van der Waals surface area contributed by atoms with Crippen LogP contribution in [0.1, 0.15) is 50.2 Å². The zero-order valence-electron chi connectivity index (χ0n) is 18.1. The molecule has 1 atom stereocenters. The maximum Gasteiger partial charge on any atom is 0.180 e. The van der Waals surface area contributed by atoms with Crippen LogP contribution in [0.5, 0.6) is 0 Å². The molecule has 0 N–H and O–H groups in total. The van der Waals surface area contributed by atoms with Crippen molar-refractivity contribution >= 4 is 16.8 Å². The van der Waals surface area contributed by atoms with Crippen molar-refractivity contribution in [1.29, 1.82) is 0 Å². The second-order valence-electron chi connectivity index (χ2n) is 9.20. The molecule has 6 nitrogen and oxygen atoms in total. The lowest BCUT2D eigenvalue weighted by Gasteiger charge is -2.34. The summed E-state index contributed by atoms with van der Waals surface area (Å²) in [7, 11) is 0. The maximum absolute atomic E-state index is 14.2. The fourth-order valence-corrected chi connectivity index (χ4v) is 4.42. The number of rotatable bonds is 4. The second kappa shape index (κ2) is 7.89. The van der Waals surface area contributed by atoms with E-state index in [4.69, 9.17) is 0 Å². The minimum absolute atomic E-state index is 0.130. The summed E-state index contributed by atoms with van der Waals surface area (Å²) >= 11 is 0. The Morgan fingerprint density at radius 3 is 2.66 bits per heavy atom. The van der Waals surface area contributed by atoms with Gasteiger partial charge in [0.25, 0.3) is 0 Å². The molecule has 4 aromatic rings. The molecule has 3 heterocycles. The molecule has 1 fully saturated rings. The Morgan fingerprint density at radius 1 is 1.09 bits per heavy atom. The summed E-state index contributed by atoms with van der Waals surface area (Å²) in [4.78, 5) is 26.1. The number of nitrogens with zero attached hydrogens (tertiary/aromatic N) is 5. The average Bonchev–Trinajstić information content (AvgIpc) is 3.16. The van der Waals surface area contributed by atoms with Gasteiger partial charge in [0.1, 0.15) is 17.3 Å². The molecular formula is C25H24FN5O. The molecule has 1 unspecified atom stereocenters. The minimum Gasteiger partial charge on any atom is -0.299 e. The van der Waals surface area contributed by atoms with Gasteiger partial charge in [0.15, 0.2) is 11.5 Å². The molecule has 162 valence electrons. The topological polar surface area (TPSA) is 73.6 Å². The molecule has 32 heavy (non-hydrogen) atoms. The van der Waals surface area contributed by atoms with Crippen LogP contribution in [0.3, 0.4) is 0 Å². The fourth-order valence-electron chi connectivity index (χ4n) is 4.42. The third kappa shape index (κ3) is 3.79. The standard InChI is InChI=1S/C25H24FN5O/c1-25(2)10-9-21(32)19(12-25)17-13-28-23(29-14-17)22-18-7-5-11-27-24(18)31(30-22)15-16-6-3-4-8-20(16)26/h3-8,11,13-14,19H,9-10,12,15H2,1-2H3. The van der Waals surface area contributed by atoms with E-state index in [0.29, 0.717) is 29.1 Å². The lowest BCUT2D eigenvalue weighted by molar-refractivity contribution is -0.123. The quantitative estimate of drug-likeness (QED) is 0.459. The fraction of sp³-hybridized carbons (Fsp3) is 0.320. The maximum atomic E-state index is 14.2. The number of Topliss-reactive ketones (excluding diaryl/α,β-unsaturated/α-hetero) is 1. The van der Waals surface area contributed by atoms with E-state index in [1.807, 2.05) is 12.1 Å². The predicted octanol–water partition coefficient (Wildman–Crippen LogP) is 4.94. The van der Waals surface area contributed by atoms with Gasteiger partial charge < -0.3 is 0 Å². The predicted molar refractivity (Wildman–Crippen MR) is 119 cm³/mol. The summed E-state index contributed by atoms with van der Waals surface area (Å²) in [5.41, 5.74) is 2.74. The first-order chi connectivity index (χ1) is 15.4. The summed E-state index contributed by atoms with van der Waals surface area (Å²) in [6.45, 7) is 4.65.